The minimum atomic E-state index is 0.583. The van der Waals surface area contributed by atoms with Crippen LogP contribution in [-0.2, 0) is 0 Å². The Bertz CT molecular complexity index is 117. The zero-order valence-corrected chi connectivity index (χ0v) is 4.47. The van der Waals surface area contributed by atoms with Gasteiger partial charge in [0.25, 0.3) is 0 Å². The number of thiocarbonyl (C=S) groups is 1. The van der Waals surface area contributed by atoms with E-state index in [1.807, 2.05) is 0 Å². The summed E-state index contributed by atoms with van der Waals surface area (Å²) in [5.41, 5.74) is 5.09. The average molecular weight is 118 g/mol. The van der Waals surface area contributed by atoms with Crippen LogP contribution in [0.5, 0.6) is 0 Å². The van der Waals surface area contributed by atoms with Crippen LogP contribution < -0.4 is 5.73 Å². The quantitative estimate of drug-likeness (QED) is 0.466. The SMILES string of the molecule is NC1=NC(=S)S1. The van der Waals surface area contributed by atoms with Gasteiger partial charge in [-0.3, -0.25) is 0 Å². The van der Waals surface area contributed by atoms with Crippen molar-refractivity contribution in [1.29, 1.82) is 0 Å². The van der Waals surface area contributed by atoms with E-state index >= 15 is 0 Å². The Kier molecular flexibility index (Phi) is 0.816. The summed E-state index contributed by atoms with van der Waals surface area (Å²) in [6.45, 7) is 0. The van der Waals surface area contributed by atoms with Gasteiger partial charge >= 0.3 is 0 Å². The van der Waals surface area contributed by atoms with Crippen molar-refractivity contribution in [2.24, 2.45) is 10.7 Å². The molecule has 0 unspecified atom stereocenters. The standard InChI is InChI=1S/C2H2N2S2/c3-1-4-2(5)6-1/h(H2,3,4,5). The molecule has 1 rings (SSSR count). The zero-order chi connectivity index (χ0) is 4.57. The fraction of sp³-hybridized carbons (Fsp3) is 0. The summed E-state index contributed by atoms with van der Waals surface area (Å²) in [5, 5.41) is 0.583. The molecule has 4 heteroatoms. The molecule has 0 amide bonds. The molecule has 0 aromatic heterocycles. The highest BCUT2D eigenvalue weighted by Gasteiger charge is 2.08. The number of thioether (sulfide) groups is 1. The van der Waals surface area contributed by atoms with Crippen molar-refractivity contribution in [3.8, 4) is 0 Å². The molecule has 0 aliphatic carbocycles. The average Bonchev–Trinajstić information content (AvgIpc) is 1.33. The number of nitrogens with two attached hydrogens (primary N) is 1. The molecule has 1 aliphatic rings. The second-order valence-electron chi connectivity index (χ2n) is 0.818. The maximum Gasteiger partial charge on any atom is 0.170 e. The molecule has 0 saturated heterocycles. The van der Waals surface area contributed by atoms with Crippen molar-refractivity contribution >= 4 is 33.5 Å². The largest absolute Gasteiger partial charge is 0.378 e. The van der Waals surface area contributed by atoms with Gasteiger partial charge in [-0.1, -0.05) is 0 Å². The van der Waals surface area contributed by atoms with Crippen LogP contribution in [0.2, 0.25) is 0 Å². The minimum absolute atomic E-state index is 0.583. The third-order valence-electron chi connectivity index (χ3n) is 0.393. The van der Waals surface area contributed by atoms with Gasteiger partial charge in [-0.15, -0.1) is 0 Å². The molecule has 32 valence electrons. The summed E-state index contributed by atoms with van der Waals surface area (Å²) in [7, 11) is 0. The summed E-state index contributed by atoms with van der Waals surface area (Å²) in [4.78, 5) is 3.61. The van der Waals surface area contributed by atoms with Gasteiger partial charge in [-0.05, 0) is 24.0 Å². The minimum Gasteiger partial charge on any atom is -0.378 e. The molecule has 0 aromatic carbocycles. The Morgan fingerprint density at radius 2 is 2.33 bits per heavy atom. The molecular formula is C2H2N2S2. The second-order valence-corrected chi connectivity index (χ2v) is 2.47. The summed E-state index contributed by atoms with van der Waals surface area (Å²) >= 11 is 5.90. The van der Waals surface area contributed by atoms with E-state index in [0.29, 0.717) is 9.49 Å². The van der Waals surface area contributed by atoms with Gasteiger partial charge in [-0.2, -0.15) is 0 Å². The molecule has 0 bridgehead atoms. The van der Waals surface area contributed by atoms with E-state index in [-0.39, 0.29) is 0 Å². The van der Waals surface area contributed by atoms with Crippen molar-refractivity contribution < 1.29 is 0 Å². The van der Waals surface area contributed by atoms with Gasteiger partial charge < -0.3 is 5.73 Å². The fourth-order valence-corrected chi connectivity index (χ4v) is 0.926. The molecule has 0 aromatic rings. The molecule has 6 heavy (non-hydrogen) atoms. The lowest BCUT2D eigenvalue weighted by molar-refractivity contribution is 1.69. The maximum absolute atomic E-state index is 5.09. The Hall–Kier alpha value is -0.0900. The maximum atomic E-state index is 5.09. The molecule has 0 spiro atoms. The zero-order valence-electron chi connectivity index (χ0n) is 2.84. The van der Waals surface area contributed by atoms with Crippen LogP contribution in [0.4, 0.5) is 0 Å². The Balaban J connectivity index is 2.68. The monoisotopic (exact) mass is 118 g/mol. The van der Waals surface area contributed by atoms with E-state index in [4.69, 9.17) is 5.73 Å². The first-order valence-electron chi connectivity index (χ1n) is 1.35. The predicted octanol–water partition coefficient (Wildman–Crippen LogP) is 0.333. The fourth-order valence-electron chi connectivity index (χ4n) is 0.186. The molecule has 0 radical (unpaired) electrons. The summed E-state index contributed by atoms with van der Waals surface area (Å²) < 4.78 is 0.646. The summed E-state index contributed by atoms with van der Waals surface area (Å²) in [6.07, 6.45) is 0. The molecule has 1 aliphatic heterocycles. The van der Waals surface area contributed by atoms with Gasteiger partial charge in [0.15, 0.2) is 9.49 Å². The van der Waals surface area contributed by atoms with Crippen molar-refractivity contribution in [1.82, 2.24) is 0 Å². The molecule has 0 atom stereocenters. The number of hydrogen-bond acceptors (Lipinski definition) is 3. The van der Waals surface area contributed by atoms with Crippen LogP contribution in [0, 0.1) is 0 Å². The van der Waals surface area contributed by atoms with Crippen LogP contribution in [0.1, 0.15) is 0 Å². The van der Waals surface area contributed by atoms with Crippen molar-refractivity contribution in [3.05, 3.63) is 0 Å². The molecule has 0 saturated carbocycles. The second kappa shape index (κ2) is 1.20. The molecule has 2 N–H and O–H groups in total. The number of amidine groups is 1. The Morgan fingerprint density at radius 1 is 1.83 bits per heavy atom. The lowest BCUT2D eigenvalue weighted by Gasteiger charge is -2.04. The van der Waals surface area contributed by atoms with E-state index in [2.05, 4.69) is 17.2 Å². The predicted molar refractivity (Wildman–Crippen MR) is 31.8 cm³/mol. The lowest BCUT2D eigenvalue weighted by atomic mass is 11.2. The molecule has 2 nitrogen and oxygen atoms in total. The Morgan fingerprint density at radius 3 is 2.33 bits per heavy atom. The van der Waals surface area contributed by atoms with Crippen LogP contribution in [-0.4, -0.2) is 9.49 Å². The smallest absolute Gasteiger partial charge is 0.170 e. The van der Waals surface area contributed by atoms with Crippen LogP contribution in [0.25, 0.3) is 0 Å². The van der Waals surface area contributed by atoms with Crippen molar-refractivity contribution in [2.75, 3.05) is 0 Å². The van der Waals surface area contributed by atoms with Gasteiger partial charge in [0.05, 0.1) is 0 Å². The summed E-state index contributed by atoms with van der Waals surface area (Å²) in [5.74, 6) is 0. The molecule has 1 heterocycles. The summed E-state index contributed by atoms with van der Waals surface area (Å²) in [6, 6.07) is 0. The third kappa shape index (κ3) is 0.529. The van der Waals surface area contributed by atoms with Crippen LogP contribution in [0.15, 0.2) is 4.99 Å². The van der Waals surface area contributed by atoms with Gasteiger partial charge in [-0.25, -0.2) is 4.99 Å². The highest BCUT2D eigenvalue weighted by atomic mass is 32.2. The van der Waals surface area contributed by atoms with Gasteiger partial charge in [0, 0.05) is 0 Å². The molecular weight excluding hydrogens is 116 g/mol. The first-order chi connectivity index (χ1) is 2.79. The number of nitrogens with zero attached hydrogens (tertiary/aromatic N) is 1. The van der Waals surface area contributed by atoms with E-state index < -0.39 is 0 Å². The normalized spacial score (nSPS) is 19.3. The van der Waals surface area contributed by atoms with Crippen LogP contribution >= 0.6 is 24.0 Å². The number of aliphatic imine (C=N–C) groups is 1. The number of hydrogen-bond donors (Lipinski definition) is 1. The topological polar surface area (TPSA) is 38.4 Å². The van der Waals surface area contributed by atoms with E-state index in [9.17, 15) is 0 Å². The van der Waals surface area contributed by atoms with Gasteiger partial charge in [0.2, 0.25) is 0 Å². The van der Waals surface area contributed by atoms with E-state index in [1.54, 1.807) is 0 Å². The first kappa shape index (κ1) is 4.08. The van der Waals surface area contributed by atoms with E-state index in [0.717, 1.165) is 0 Å². The Labute approximate surface area is 44.8 Å². The lowest BCUT2D eigenvalue weighted by Crippen LogP contribution is -2.17. The van der Waals surface area contributed by atoms with E-state index in [1.165, 1.54) is 11.8 Å². The van der Waals surface area contributed by atoms with Crippen molar-refractivity contribution in [3.63, 3.8) is 0 Å². The highest BCUT2D eigenvalue weighted by molar-refractivity contribution is 8.35. The van der Waals surface area contributed by atoms with Crippen LogP contribution in [0.3, 0.4) is 0 Å². The highest BCUT2D eigenvalue weighted by Crippen LogP contribution is 2.14. The van der Waals surface area contributed by atoms with Gasteiger partial charge in [0.1, 0.15) is 0 Å². The third-order valence-corrected chi connectivity index (χ3v) is 1.30. The first-order valence-corrected chi connectivity index (χ1v) is 2.57. The van der Waals surface area contributed by atoms with Crippen molar-refractivity contribution in [2.45, 2.75) is 0 Å². The number of rotatable bonds is 0. The molecule has 0 fully saturated rings.